The van der Waals surface area contributed by atoms with Gasteiger partial charge in [0.2, 0.25) is 0 Å². The Morgan fingerprint density at radius 3 is 3.07 bits per heavy atom. The van der Waals surface area contributed by atoms with Crippen LogP contribution in [0.1, 0.15) is 19.8 Å². The minimum Gasteiger partial charge on any atom is -0.391 e. The van der Waals surface area contributed by atoms with E-state index >= 15 is 0 Å². The zero-order valence-electron chi connectivity index (χ0n) is 8.48. The first kappa shape index (κ1) is 9.46. The van der Waals surface area contributed by atoms with E-state index in [0.717, 1.165) is 37.3 Å². The van der Waals surface area contributed by atoms with Crippen LogP contribution in [0.2, 0.25) is 0 Å². The van der Waals surface area contributed by atoms with Crippen molar-refractivity contribution < 1.29 is 5.11 Å². The van der Waals surface area contributed by atoms with Crippen LogP contribution in [0.4, 0.5) is 0 Å². The van der Waals surface area contributed by atoms with Gasteiger partial charge in [-0.1, -0.05) is 12.2 Å². The zero-order chi connectivity index (χ0) is 9.97. The van der Waals surface area contributed by atoms with Crippen molar-refractivity contribution in [2.24, 2.45) is 4.99 Å². The van der Waals surface area contributed by atoms with Crippen LogP contribution >= 0.6 is 0 Å². The molecule has 0 bridgehead atoms. The van der Waals surface area contributed by atoms with Crippen LogP contribution in [0, 0.1) is 0 Å². The number of nitrogens with zero attached hydrogens (tertiary/aromatic N) is 2. The van der Waals surface area contributed by atoms with Crippen molar-refractivity contribution in [3.63, 3.8) is 0 Å². The van der Waals surface area contributed by atoms with Gasteiger partial charge in [0.05, 0.1) is 18.0 Å². The van der Waals surface area contributed by atoms with Gasteiger partial charge in [0.1, 0.15) is 0 Å². The molecule has 3 nitrogen and oxygen atoms in total. The summed E-state index contributed by atoms with van der Waals surface area (Å²) in [5, 5.41) is 9.43. The summed E-state index contributed by atoms with van der Waals surface area (Å²) in [6.45, 7) is 3.70. The van der Waals surface area contributed by atoms with Gasteiger partial charge in [-0.3, -0.25) is 4.99 Å². The third-order valence-electron chi connectivity index (χ3n) is 2.67. The molecule has 0 aromatic heterocycles. The second kappa shape index (κ2) is 3.96. The van der Waals surface area contributed by atoms with E-state index in [9.17, 15) is 5.11 Å². The molecule has 0 aromatic carbocycles. The molecule has 2 rings (SSSR count). The summed E-state index contributed by atoms with van der Waals surface area (Å²) >= 11 is 0. The minimum absolute atomic E-state index is 0.165. The number of aliphatic hydroxyl groups is 1. The molecule has 1 saturated heterocycles. The predicted molar refractivity (Wildman–Crippen MR) is 57.1 cm³/mol. The van der Waals surface area contributed by atoms with Gasteiger partial charge in [0, 0.05) is 18.8 Å². The van der Waals surface area contributed by atoms with Crippen LogP contribution in [-0.2, 0) is 0 Å². The van der Waals surface area contributed by atoms with Crippen LogP contribution in [0.25, 0.3) is 0 Å². The molecule has 14 heavy (non-hydrogen) atoms. The van der Waals surface area contributed by atoms with Crippen molar-refractivity contribution in [2.45, 2.75) is 25.9 Å². The van der Waals surface area contributed by atoms with Crippen molar-refractivity contribution in [1.82, 2.24) is 4.90 Å². The summed E-state index contributed by atoms with van der Waals surface area (Å²) in [5.41, 5.74) is 2.21. The monoisotopic (exact) mass is 192 g/mol. The van der Waals surface area contributed by atoms with Crippen molar-refractivity contribution in [3.8, 4) is 0 Å². The van der Waals surface area contributed by atoms with Gasteiger partial charge >= 0.3 is 0 Å². The molecule has 0 radical (unpaired) electrons. The lowest BCUT2D eigenvalue weighted by atomic mass is 10.3. The third-order valence-corrected chi connectivity index (χ3v) is 2.67. The number of allylic oxidation sites excluding steroid dienone is 4. The third kappa shape index (κ3) is 2.04. The van der Waals surface area contributed by atoms with Gasteiger partial charge in [-0.05, 0) is 19.8 Å². The Labute approximate surface area is 84.4 Å². The molecule has 3 heteroatoms. The Morgan fingerprint density at radius 1 is 1.50 bits per heavy atom. The number of hydrogen-bond donors (Lipinski definition) is 1. The summed E-state index contributed by atoms with van der Waals surface area (Å²) in [7, 11) is 0. The Balaban J connectivity index is 2.05. The number of hydrogen-bond acceptors (Lipinski definition) is 3. The van der Waals surface area contributed by atoms with Crippen molar-refractivity contribution in [3.05, 3.63) is 23.5 Å². The summed E-state index contributed by atoms with van der Waals surface area (Å²) < 4.78 is 0. The average molecular weight is 192 g/mol. The highest BCUT2D eigenvalue weighted by Gasteiger charge is 2.21. The lowest BCUT2D eigenvalue weighted by Crippen LogP contribution is -2.22. The van der Waals surface area contributed by atoms with E-state index in [1.54, 1.807) is 0 Å². The molecule has 76 valence electrons. The molecule has 1 unspecified atom stereocenters. The maximum Gasteiger partial charge on any atom is 0.0731 e. The van der Waals surface area contributed by atoms with E-state index in [2.05, 4.69) is 22.0 Å². The molecule has 0 aliphatic carbocycles. The zero-order valence-corrected chi connectivity index (χ0v) is 8.48. The Hall–Kier alpha value is -1.09. The first-order valence-electron chi connectivity index (χ1n) is 5.10. The normalized spacial score (nSPS) is 27.3. The largest absolute Gasteiger partial charge is 0.391 e. The molecule has 2 heterocycles. The van der Waals surface area contributed by atoms with Gasteiger partial charge in [-0.25, -0.2) is 0 Å². The van der Waals surface area contributed by atoms with Crippen molar-refractivity contribution in [2.75, 3.05) is 13.1 Å². The van der Waals surface area contributed by atoms with Crippen LogP contribution in [0.5, 0.6) is 0 Å². The Kier molecular flexibility index (Phi) is 2.68. The van der Waals surface area contributed by atoms with E-state index in [1.807, 2.05) is 13.1 Å². The molecule has 1 N–H and O–H groups in total. The molecular weight excluding hydrogens is 176 g/mol. The van der Waals surface area contributed by atoms with Crippen LogP contribution in [0.15, 0.2) is 28.5 Å². The maximum atomic E-state index is 9.43. The highest BCUT2D eigenvalue weighted by Crippen LogP contribution is 2.16. The highest BCUT2D eigenvalue weighted by molar-refractivity contribution is 5.79. The van der Waals surface area contributed by atoms with Gasteiger partial charge < -0.3 is 10.0 Å². The minimum atomic E-state index is -0.165. The first-order valence-corrected chi connectivity index (χ1v) is 5.10. The molecule has 1 atom stereocenters. The van der Waals surface area contributed by atoms with E-state index in [-0.39, 0.29) is 6.10 Å². The van der Waals surface area contributed by atoms with Gasteiger partial charge in [-0.15, -0.1) is 0 Å². The smallest absolute Gasteiger partial charge is 0.0731 e. The maximum absolute atomic E-state index is 9.43. The summed E-state index contributed by atoms with van der Waals surface area (Å²) in [6.07, 6.45) is 7.82. The predicted octanol–water partition coefficient (Wildman–Crippen LogP) is 1.32. The molecule has 2 aliphatic rings. The average Bonchev–Trinajstić information content (AvgIpc) is 2.46. The number of β-amino-alcohol motifs (C(OH)–C–C–N with tert-alkyl or cyclic N) is 1. The number of aliphatic hydroxyl groups excluding tert-OH is 1. The molecular formula is C11H16N2O. The van der Waals surface area contributed by atoms with E-state index in [1.165, 1.54) is 0 Å². The number of aliphatic imine (C=N–C) groups is 1. The quantitative estimate of drug-likeness (QED) is 0.680. The van der Waals surface area contributed by atoms with Gasteiger partial charge in [0.25, 0.3) is 0 Å². The second-order valence-electron chi connectivity index (χ2n) is 3.86. The van der Waals surface area contributed by atoms with Crippen LogP contribution in [0.3, 0.4) is 0 Å². The first-order chi connectivity index (χ1) is 6.75. The van der Waals surface area contributed by atoms with Crippen LogP contribution < -0.4 is 0 Å². The fraction of sp³-hybridized carbons (Fsp3) is 0.545. The topological polar surface area (TPSA) is 35.8 Å². The lowest BCUT2D eigenvalue weighted by Gasteiger charge is -2.17. The summed E-state index contributed by atoms with van der Waals surface area (Å²) in [4.78, 5) is 6.51. The number of likely N-dealkylation sites (tertiary alicyclic amines) is 1. The summed E-state index contributed by atoms with van der Waals surface area (Å²) in [5.74, 6) is 0. The van der Waals surface area contributed by atoms with E-state index in [4.69, 9.17) is 0 Å². The van der Waals surface area contributed by atoms with E-state index in [0.29, 0.717) is 0 Å². The molecule has 1 fully saturated rings. The Bertz CT molecular complexity index is 304. The van der Waals surface area contributed by atoms with E-state index < -0.39 is 0 Å². The molecule has 0 amide bonds. The lowest BCUT2D eigenvalue weighted by molar-refractivity contribution is 0.185. The van der Waals surface area contributed by atoms with Crippen molar-refractivity contribution in [1.29, 1.82) is 0 Å². The Morgan fingerprint density at radius 2 is 2.36 bits per heavy atom. The standard InChI is InChI=1S/C11H16N2O/c1-9-3-2-4-10(7-12-9)13-6-5-11(14)8-13/h3-4,7,11,14H,2,5-6,8H2,1H3. The second-order valence-corrected chi connectivity index (χ2v) is 3.86. The molecule has 0 spiro atoms. The van der Waals surface area contributed by atoms with Gasteiger partial charge in [0.15, 0.2) is 0 Å². The molecule has 0 aromatic rings. The SMILES string of the molecule is CC1=CCC=C(N2CCC(O)C2)C=N1. The molecule has 2 aliphatic heterocycles. The van der Waals surface area contributed by atoms with Crippen LogP contribution in [-0.4, -0.2) is 35.4 Å². The highest BCUT2D eigenvalue weighted by atomic mass is 16.3. The van der Waals surface area contributed by atoms with Gasteiger partial charge in [-0.2, -0.15) is 0 Å². The fourth-order valence-electron chi connectivity index (χ4n) is 1.81. The van der Waals surface area contributed by atoms with Crippen molar-refractivity contribution >= 4 is 6.21 Å². The fourth-order valence-corrected chi connectivity index (χ4v) is 1.81. The number of rotatable bonds is 1. The summed E-state index contributed by atoms with van der Waals surface area (Å²) in [6, 6.07) is 0. The molecule has 0 saturated carbocycles.